The number of pyridine rings is 2. The second-order valence-electron chi connectivity index (χ2n) is 16.9. The van der Waals surface area contributed by atoms with Crippen molar-refractivity contribution in [2.75, 3.05) is 4.90 Å². The SMILES string of the molecule is CC(C)(C)c1cc(-c2cc(-c3ccccc3)cc(-c3cccc(C(C)(C)C)c3O)n2)[c-]c(N(c2ccc(C(C)(C)c3ccccc3)cc2)c2ccccn2)c1.[Pt]. The van der Waals surface area contributed by atoms with Gasteiger partial charge in [-0.2, -0.15) is 0 Å². The molecule has 0 bridgehead atoms. The molecule has 2 aromatic heterocycles. The predicted octanol–water partition coefficient (Wildman–Crippen LogP) is 13.4. The summed E-state index contributed by atoms with van der Waals surface area (Å²) < 4.78 is 0. The van der Waals surface area contributed by atoms with Crippen LogP contribution >= 0.6 is 0 Å². The van der Waals surface area contributed by atoms with Crippen LogP contribution in [-0.4, -0.2) is 15.1 Å². The summed E-state index contributed by atoms with van der Waals surface area (Å²) in [5, 5.41) is 11.7. The van der Waals surface area contributed by atoms with Crippen LogP contribution in [0, 0.1) is 6.07 Å². The Morgan fingerprint density at radius 3 is 1.80 bits per heavy atom. The molecule has 4 nitrogen and oxygen atoms in total. The molecule has 0 radical (unpaired) electrons. The van der Waals surface area contributed by atoms with Crippen molar-refractivity contribution in [1.29, 1.82) is 0 Å². The molecule has 0 fully saturated rings. The van der Waals surface area contributed by atoms with Crippen LogP contribution in [0.25, 0.3) is 33.6 Å². The van der Waals surface area contributed by atoms with Gasteiger partial charge in [0.15, 0.2) is 0 Å². The number of aromatic nitrogens is 2. The molecule has 0 aliphatic rings. The Kier molecular flexibility index (Phi) is 11.6. The fourth-order valence-electron chi connectivity index (χ4n) is 7.13. The molecular formula is C51H50N3OPt-. The maximum atomic E-state index is 11.7. The number of phenols is 1. The Morgan fingerprint density at radius 2 is 1.18 bits per heavy atom. The van der Waals surface area contributed by atoms with Gasteiger partial charge in [0, 0.05) is 43.9 Å². The number of para-hydroxylation sites is 1. The molecule has 0 saturated carbocycles. The number of benzene rings is 5. The van der Waals surface area contributed by atoms with Crippen molar-refractivity contribution in [3.05, 3.63) is 180 Å². The van der Waals surface area contributed by atoms with Gasteiger partial charge in [0.1, 0.15) is 11.6 Å². The van der Waals surface area contributed by atoms with E-state index < -0.39 is 0 Å². The van der Waals surface area contributed by atoms with Crippen LogP contribution in [-0.2, 0) is 37.3 Å². The van der Waals surface area contributed by atoms with Gasteiger partial charge in [-0.05, 0) is 86.4 Å². The summed E-state index contributed by atoms with van der Waals surface area (Å²) in [5.74, 6) is 1.05. The standard InChI is InChI=1S/C51H50N3O.Pt/c1-49(2,3)40-30-37(45-32-36(35-18-11-9-12-19-35)33-46(53-45)43-22-17-23-44(48(43)55)50(4,5)6)31-42(34-40)54(47-24-15-16-29-52-47)41-27-25-39(26-28-41)51(7,8)38-20-13-10-14-21-38;/h9-30,32-34,55H,1-8H3;/q-1;. The van der Waals surface area contributed by atoms with Gasteiger partial charge < -0.3 is 10.0 Å². The summed E-state index contributed by atoms with van der Waals surface area (Å²) in [6.45, 7) is 17.6. The minimum absolute atomic E-state index is 0. The van der Waals surface area contributed by atoms with Gasteiger partial charge in [-0.15, -0.1) is 29.3 Å². The van der Waals surface area contributed by atoms with Gasteiger partial charge in [-0.25, -0.2) is 4.98 Å². The molecule has 0 aliphatic heterocycles. The van der Waals surface area contributed by atoms with Crippen LogP contribution in [0.2, 0.25) is 0 Å². The van der Waals surface area contributed by atoms with Gasteiger partial charge in [0.05, 0.1) is 5.69 Å². The van der Waals surface area contributed by atoms with E-state index >= 15 is 0 Å². The van der Waals surface area contributed by atoms with Crippen LogP contribution in [0.4, 0.5) is 17.2 Å². The molecule has 0 spiro atoms. The van der Waals surface area contributed by atoms with E-state index in [2.05, 4.69) is 157 Å². The Balaban J connectivity index is 0.00000532. The summed E-state index contributed by atoms with van der Waals surface area (Å²) in [4.78, 5) is 12.3. The van der Waals surface area contributed by atoms with Crippen molar-refractivity contribution in [1.82, 2.24) is 9.97 Å². The van der Waals surface area contributed by atoms with E-state index in [1.165, 1.54) is 11.1 Å². The number of hydrogen-bond acceptors (Lipinski definition) is 4. The van der Waals surface area contributed by atoms with E-state index in [-0.39, 0.29) is 43.1 Å². The van der Waals surface area contributed by atoms with Crippen molar-refractivity contribution in [2.45, 2.75) is 71.6 Å². The molecule has 5 heteroatoms. The molecule has 0 aliphatic carbocycles. The molecule has 0 saturated heterocycles. The van der Waals surface area contributed by atoms with E-state index in [1.54, 1.807) is 0 Å². The molecular weight excluding hydrogens is 866 g/mol. The average molecular weight is 916 g/mol. The number of aromatic hydroxyl groups is 1. The van der Waals surface area contributed by atoms with E-state index in [0.717, 1.165) is 50.7 Å². The van der Waals surface area contributed by atoms with Crippen molar-refractivity contribution in [2.24, 2.45) is 0 Å². The van der Waals surface area contributed by atoms with Crippen molar-refractivity contribution >= 4 is 17.2 Å². The molecule has 1 N–H and O–H groups in total. The minimum atomic E-state index is -0.242. The maximum Gasteiger partial charge on any atom is 0.136 e. The van der Waals surface area contributed by atoms with Crippen LogP contribution in [0.1, 0.15) is 77.6 Å². The quantitative estimate of drug-likeness (QED) is 0.154. The topological polar surface area (TPSA) is 49.3 Å². The molecule has 7 aromatic rings. The van der Waals surface area contributed by atoms with Gasteiger partial charge in [-0.3, -0.25) is 4.98 Å². The second kappa shape index (κ2) is 16.0. The summed E-state index contributed by atoms with van der Waals surface area (Å²) in [6, 6.07) is 54.2. The third kappa shape index (κ3) is 8.42. The summed E-state index contributed by atoms with van der Waals surface area (Å²) in [5.41, 5.74) is 10.9. The second-order valence-corrected chi connectivity index (χ2v) is 16.9. The minimum Gasteiger partial charge on any atom is -0.507 e. The van der Waals surface area contributed by atoms with Gasteiger partial charge in [0.25, 0.3) is 0 Å². The smallest absolute Gasteiger partial charge is 0.136 e. The average Bonchev–Trinajstić information content (AvgIpc) is 3.18. The number of nitrogens with zero attached hydrogens (tertiary/aromatic N) is 3. The Morgan fingerprint density at radius 1 is 0.554 bits per heavy atom. The number of rotatable bonds is 8. The maximum absolute atomic E-state index is 11.7. The summed E-state index contributed by atoms with van der Waals surface area (Å²) in [6.07, 6.45) is 1.83. The third-order valence-electron chi connectivity index (χ3n) is 10.5. The molecule has 5 aromatic carbocycles. The Hall–Kier alpha value is -5.31. The predicted molar refractivity (Wildman–Crippen MR) is 229 cm³/mol. The Labute approximate surface area is 347 Å². The van der Waals surface area contributed by atoms with Crippen LogP contribution in [0.15, 0.2) is 152 Å². The summed E-state index contributed by atoms with van der Waals surface area (Å²) in [7, 11) is 0. The zero-order valence-electron chi connectivity index (χ0n) is 33.5. The zero-order chi connectivity index (χ0) is 39.0. The van der Waals surface area contributed by atoms with Crippen LogP contribution in [0.3, 0.4) is 0 Å². The van der Waals surface area contributed by atoms with E-state index in [1.807, 2.05) is 60.8 Å². The number of hydrogen-bond donors (Lipinski definition) is 1. The Bertz CT molecular complexity index is 2410. The molecule has 286 valence electrons. The number of anilines is 3. The van der Waals surface area contributed by atoms with Gasteiger partial charge >= 0.3 is 0 Å². The van der Waals surface area contributed by atoms with Crippen LogP contribution < -0.4 is 4.90 Å². The van der Waals surface area contributed by atoms with E-state index in [0.29, 0.717) is 11.3 Å². The number of phenolic OH excluding ortho intramolecular Hbond substituents is 1. The monoisotopic (exact) mass is 915 g/mol. The van der Waals surface area contributed by atoms with E-state index in [9.17, 15) is 5.11 Å². The molecule has 7 rings (SSSR count). The molecule has 0 atom stereocenters. The first-order valence-corrected chi connectivity index (χ1v) is 19.1. The molecule has 2 heterocycles. The zero-order valence-corrected chi connectivity index (χ0v) is 35.8. The van der Waals surface area contributed by atoms with Gasteiger partial charge in [0.2, 0.25) is 0 Å². The normalized spacial score (nSPS) is 11.9. The molecule has 56 heavy (non-hydrogen) atoms. The fourth-order valence-corrected chi connectivity index (χ4v) is 7.13. The summed E-state index contributed by atoms with van der Waals surface area (Å²) >= 11 is 0. The fraction of sp³-hybridized carbons (Fsp3) is 0.216. The first-order valence-electron chi connectivity index (χ1n) is 19.1. The van der Waals surface area contributed by atoms with Crippen molar-refractivity contribution in [3.63, 3.8) is 0 Å². The van der Waals surface area contributed by atoms with Crippen molar-refractivity contribution < 1.29 is 26.2 Å². The first kappa shape index (κ1) is 40.4. The van der Waals surface area contributed by atoms with E-state index in [4.69, 9.17) is 9.97 Å². The van der Waals surface area contributed by atoms with Crippen LogP contribution in [0.5, 0.6) is 5.75 Å². The molecule has 0 amide bonds. The third-order valence-corrected chi connectivity index (χ3v) is 10.5. The van der Waals surface area contributed by atoms with Gasteiger partial charge in [-0.1, -0.05) is 152 Å². The largest absolute Gasteiger partial charge is 0.507 e. The van der Waals surface area contributed by atoms with Crippen molar-refractivity contribution in [3.8, 4) is 39.4 Å². The molecule has 0 unspecified atom stereocenters. The first-order chi connectivity index (χ1) is 26.2.